The predicted molar refractivity (Wildman–Crippen MR) is 69.1 cm³/mol. The summed E-state index contributed by atoms with van der Waals surface area (Å²) in [6.07, 6.45) is 1.02. The average molecular weight is 246 g/mol. The van der Waals surface area contributed by atoms with Crippen molar-refractivity contribution in [2.24, 2.45) is 0 Å². The third kappa shape index (κ3) is 1.99. The number of rotatable bonds is 4. The molecule has 1 heterocycles. The second-order valence-electron chi connectivity index (χ2n) is 4.11. The van der Waals surface area contributed by atoms with Crippen molar-refractivity contribution in [3.05, 3.63) is 39.7 Å². The van der Waals surface area contributed by atoms with E-state index in [1.54, 1.807) is 11.3 Å². The fourth-order valence-corrected chi connectivity index (χ4v) is 3.23. The second kappa shape index (κ2) is 4.56. The quantitative estimate of drug-likeness (QED) is 0.690. The van der Waals surface area contributed by atoms with Crippen LogP contribution in [-0.4, -0.2) is 23.2 Å². The second-order valence-corrected chi connectivity index (χ2v) is 5.28. The van der Waals surface area contributed by atoms with Gasteiger partial charge in [-0.3, -0.25) is 0 Å². The molecule has 0 aliphatic heterocycles. The molecule has 0 saturated carbocycles. The van der Waals surface area contributed by atoms with Gasteiger partial charge in [0.2, 0.25) is 0 Å². The molecule has 1 aromatic carbocycles. The molecule has 0 fully saturated rings. The summed E-state index contributed by atoms with van der Waals surface area (Å²) < 4.78 is 0. The van der Waals surface area contributed by atoms with Gasteiger partial charge in [0.15, 0.2) is 0 Å². The maximum Gasteiger partial charge on any atom is 0.107 e. The normalized spacial score (nSPS) is 12.5. The minimum Gasteiger partial charge on any atom is -0.395 e. The minimum atomic E-state index is 0.175. The highest BCUT2D eigenvalue weighted by atomic mass is 32.1. The zero-order chi connectivity index (χ0) is 11.7. The van der Waals surface area contributed by atoms with Gasteiger partial charge in [-0.1, -0.05) is 24.3 Å². The summed E-state index contributed by atoms with van der Waals surface area (Å²) in [5.74, 6) is 0. The van der Waals surface area contributed by atoms with Gasteiger partial charge in [-0.25, -0.2) is 4.98 Å². The molecule has 3 nitrogen and oxygen atoms in total. The zero-order valence-electron chi connectivity index (χ0n) is 9.44. The van der Waals surface area contributed by atoms with E-state index in [2.05, 4.69) is 34.6 Å². The van der Waals surface area contributed by atoms with Crippen LogP contribution in [0.2, 0.25) is 0 Å². The topological polar surface area (TPSA) is 45.1 Å². The van der Waals surface area contributed by atoms with Crippen molar-refractivity contribution < 1.29 is 5.11 Å². The van der Waals surface area contributed by atoms with E-state index in [4.69, 9.17) is 5.11 Å². The summed E-state index contributed by atoms with van der Waals surface area (Å²) in [5.41, 5.74) is 3.83. The Hall–Kier alpha value is -1.23. The third-order valence-electron chi connectivity index (χ3n) is 2.93. The third-order valence-corrected chi connectivity index (χ3v) is 3.99. The van der Waals surface area contributed by atoms with Crippen molar-refractivity contribution in [1.29, 1.82) is 0 Å². The molecule has 1 aliphatic rings. The molecule has 0 amide bonds. The molecule has 2 aromatic rings. The summed E-state index contributed by atoms with van der Waals surface area (Å²) in [6.45, 7) is 1.55. The van der Waals surface area contributed by atoms with Gasteiger partial charge in [0, 0.05) is 30.0 Å². The molecular formula is C13H14N2OS. The van der Waals surface area contributed by atoms with Crippen LogP contribution in [0.4, 0.5) is 0 Å². The fourth-order valence-electron chi connectivity index (χ4n) is 2.16. The Morgan fingerprint density at radius 1 is 1.35 bits per heavy atom. The summed E-state index contributed by atoms with van der Waals surface area (Å²) in [7, 11) is 0. The lowest BCUT2D eigenvalue weighted by Crippen LogP contribution is -2.17. The number of thiazole rings is 1. The van der Waals surface area contributed by atoms with Crippen LogP contribution in [-0.2, 0) is 13.0 Å². The zero-order valence-corrected chi connectivity index (χ0v) is 10.3. The molecule has 88 valence electrons. The first-order valence-corrected chi connectivity index (χ1v) is 6.58. The Labute approximate surface area is 104 Å². The molecule has 0 saturated heterocycles. The molecule has 2 N–H and O–H groups in total. The van der Waals surface area contributed by atoms with Crippen molar-refractivity contribution in [3.8, 4) is 11.3 Å². The minimum absolute atomic E-state index is 0.175. The van der Waals surface area contributed by atoms with Crippen molar-refractivity contribution in [1.82, 2.24) is 10.3 Å². The van der Waals surface area contributed by atoms with Crippen LogP contribution in [0.3, 0.4) is 0 Å². The highest BCUT2D eigenvalue weighted by molar-refractivity contribution is 7.12. The van der Waals surface area contributed by atoms with E-state index in [1.165, 1.54) is 16.0 Å². The van der Waals surface area contributed by atoms with Crippen LogP contribution in [0.25, 0.3) is 11.3 Å². The van der Waals surface area contributed by atoms with Gasteiger partial charge < -0.3 is 10.4 Å². The molecule has 0 unspecified atom stereocenters. The molecule has 4 heteroatoms. The molecule has 3 rings (SSSR count). The predicted octanol–water partition coefficient (Wildman–Crippen LogP) is 1.80. The molecule has 1 aromatic heterocycles. The van der Waals surface area contributed by atoms with Crippen molar-refractivity contribution in [3.63, 3.8) is 0 Å². The maximum atomic E-state index is 8.71. The number of fused-ring (bicyclic) bond motifs is 3. The molecule has 0 radical (unpaired) electrons. The first-order chi connectivity index (χ1) is 8.38. The first-order valence-electron chi connectivity index (χ1n) is 5.77. The summed E-state index contributed by atoms with van der Waals surface area (Å²) in [5, 5.41) is 13.0. The van der Waals surface area contributed by atoms with E-state index < -0.39 is 0 Å². The van der Waals surface area contributed by atoms with Crippen LogP contribution in [0, 0.1) is 0 Å². The van der Waals surface area contributed by atoms with Crippen LogP contribution < -0.4 is 5.32 Å². The van der Waals surface area contributed by atoms with Crippen molar-refractivity contribution in [2.45, 2.75) is 13.0 Å². The number of hydrogen-bond acceptors (Lipinski definition) is 4. The molecule has 0 atom stereocenters. The molecule has 1 aliphatic carbocycles. The van der Waals surface area contributed by atoms with Crippen LogP contribution in [0.5, 0.6) is 0 Å². The Balaban J connectivity index is 1.83. The largest absolute Gasteiger partial charge is 0.395 e. The summed E-state index contributed by atoms with van der Waals surface area (Å²) in [4.78, 5) is 6.05. The first kappa shape index (κ1) is 10.9. The van der Waals surface area contributed by atoms with E-state index in [1.807, 2.05) is 0 Å². The van der Waals surface area contributed by atoms with E-state index in [-0.39, 0.29) is 6.61 Å². The lowest BCUT2D eigenvalue weighted by Gasteiger charge is -1.99. The number of aromatic nitrogens is 1. The van der Waals surface area contributed by atoms with Crippen LogP contribution in [0.1, 0.15) is 15.4 Å². The fraction of sp³-hybridized carbons (Fsp3) is 0.308. The van der Waals surface area contributed by atoms with Gasteiger partial charge in [-0.2, -0.15) is 0 Å². The van der Waals surface area contributed by atoms with Gasteiger partial charge in [-0.15, -0.1) is 11.3 Å². The molecular weight excluding hydrogens is 232 g/mol. The highest BCUT2D eigenvalue weighted by Gasteiger charge is 2.22. The van der Waals surface area contributed by atoms with E-state index >= 15 is 0 Å². The van der Waals surface area contributed by atoms with E-state index in [9.17, 15) is 0 Å². The van der Waals surface area contributed by atoms with Gasteiger partial charge in [0.1, 0.15) is 5.01 Å². The Bertz CT molecular complexity index is 536. The van der Waals surface area contributed by atoms with Crippen molar-refractivity contribution >= 4 is 11.3 Å². The Morgan fingerprint density at radius 3 is 3.12 bits per heavy atom. The maximum absolute atomic E-state index is 8.71. The average Bonchev–Trinajstić information content (AvgIpc) is 2.86. The Kier molecular flexibility index (Phi) is 2.93. The van der Waals surface area contributed by atoms with Gasteiger partial charge >= 0.3 is 0 Å². The lowest BCUT2D eigenvalue weighted by atomic mass is 10.1. The van der Waals surface area contributed by atoms with Gasteiger partial charge in [0.25, 0.3) is 0 Å². The van der Waals surface area contributed by atoms with Crippen LogP contribution >= 0.6 is 11.3 Å². The number of benzene rings is 1. The van der Waals surface area contributed by atoms with Crippen molar-refractivity contribution in [2.75, 3.05) is 13.2 Å². The standard InChI is InChI=1S/C13H14N2OS/c16-6-5-14-8-12-15-13-10-4-2-1-3-9(10)7-11(13)17-12/h1-4,14,16H,5-8H2. The summed E-state index contributed by atoms with van der Waals surface area (Å²) in [6, 6.07) is 8.47. The van der Waals surface area contributed by atoms with E-state index in [0.717, 1.165) is 23.7 Å². The number of aliphatic hydroxyl groups excluding tert-OH is 1. The van der Waals surface area contributed by atoms with Gasteiger partial charge in [0.05, 0.1) is 12.3 Å². The number of aliphatic hydroxyl groups is 1. The number of nitrogens with one attached hydrogen (secondary N) is 1. The molecule has 0 spiro atoms. The Morgan fingerprint density at radius 2 is 2.24 bits per heavy atom. The number of nitrogens with zero attached hydrogens (tertiary/aromatic N) is 1. The van der Waals surface area contributed by atoms with Crippen LogP contribution in [0.15, 0.2) is 24.3 Å². The molecule has 17 heavy (non-hydrogen) atoms. The SMILES string of the molecule is OCCNCc1nc2c(s1)Cc1ccccc1-2. The highest BCUT2D eigenvalue weighted by Crippen LogP contribution is 2.38. The number of hydrogen-bond donors (Lipinski definition) is 2. The monoisotopic (exact) mass is 246 g/mol. The lowest BCUT2D eigenvalue weighted by molar-refractivity contribution is 0.292. The molecule has 0 bridgehead atoms. The van der Waals surface area contributed by atoms with E-state index in [0.29, 0.717) is 6.54 Å². The van der Waals surface area contributed by atoms with Gasteiger partial charge in [-0.05, 0) is 5.56 Å². The smallest absolute Gasteiger partial charge is 0.107 e. The summed E-state index contributed by atoms with van der Waals surface area (Å²) >= 11 is 1.77.